The van der Waals surface area contributed by atoms with Crippen LogP contribution in [0.4, 0.5) is 0 Å². The van der Waals surface area contributed by atoms with Crippen LogP contribution < -0.4 is 0 Å². The number of hydrogen-bond acceptors (Lipinski definition) is 3. The molecule has 3 heterocycles. The summed E-state index contributed by atoms with van der Waals surface area (Å²) < 4.78 is 0. The zero-order chi connectivity index (χ0) is 16.7. The third-order valence-corrected chi connectivity index (χ3v) is 6.16. The van der Waals surface area contributed by atoms with Gasteiger partial charge in [0.05, 0.1) is 22.0 Å². The van der Waals surface area contributed by atoms with Gasteiger partial charge in [0.2, 0.25) is 0 Å². The molecule has 1 N–H and O–H groups in total. The number of carbonyl (C=O) groups excluding carboxylic acids is 1. The Kier molecular flexibility index (Phi) is 3.88. The fraction of sp³-hybridized carbons (Fsp3) is 0.368. The van der Waals surface area contributed by atoms with Crippen molar-refractivity contribution < 1.29 is 4.79 Å². The molecular formula is C19H21N3OS. The number of hydrogen-bond donors (Lipinski definition) is 1. The normalized spacial score (nSPS) is 17.8. The van der Waals surface area contributed by atoms with Gasteiger partial charge in [-0.25, -0.2) is 4.98 Å². The summed E-state index contributed by atoms with van der Waals surface area (Å²) in [6.07, 6.45) is 2.98. The number of aryl methyl sites for hydroxylation is 2. The van der Waals surface area contributed by atoms with Gasteiger partial charge in [0, 0.05) is 11.4 Å². The molecule has 0 spiro atoms. The van der Waals surface area contributed by atoms with Gasteiger partial charge in [-0.2, -0.15) is 0 Å². The molecule has 4 nitrogen and oxygen atoms in total. The van der Waals surface area contributed by atoms with Gasteiger partial charge in [-0.15, -0.1) is 11.3 Å². The van der Waals surface area contributed by atoms with E-state index in [4.69, 9.17) is 4.98 Å². The second-order valence-corrected chi connectivity index (χ2v) is 7.50. The number of thiophene rings is 1. The highest BCUT2D eigenvalue weighted by Gasteiger charge is 2.33. The Labute approximate surface area is 145 Å². The molecule has 0 unspecified atom stereocenters. The van der Waals surface area contributed by atoms with Crippen LogP contribution in [0, 0.1) is 6.92 Å². The van der Waals surface area contributed by atoms with Gasteiger partial charge in [-0.3, -0.25) is 4.79 Å². The van der Waals surface area contributed by atoms with Gasteiger partial charge in [0.15, 0.2) is 0 Å². The SMILES string of the molecule is CCc1sc(C(=O)N2CCC[C@@H]2c2nc3ccccc3[nH]2)cc1C. The second kappa shape index (κ2) is 6.06. The smallest absolute Gasteiger partial charge is 0.264 e. The number of benzene rings is 1. The Morgan fingerprint density at radius 1 is 1.42 bits per heavy atom. The van der Waals surface area contributed by atoms with Crippen molar-refractivity contribution in [2.75, 3.05) is 6.54 Å². The quantitative estimate of drug-likeness (QED) is 0.765. The first-order valence-electron chi connectivity index (χ1n) is 8.52. The topological polar surface area (TPSA) is 49.0 Å². The highest BCUT2D eigenvalue weighted by Crippen LogP contribution is 2.34. The summed E-state index contributed by atoms with van der Waals surface area (Å²) in [6.45, 7) is 5.03. The van der Waals surface area contributed by atoms with Crippen molar-refractivity contribution in [2.24, 2.45) is 0 Å². The fourth-order valence-corrected chi connectivity index (χ4v) is 4.61. The zero-order valence-corrected chi connectivity index (χ0v) is 14.8. The van der Waals surface area contributed by atoms with Gasteiger partial charge in [-0.05, 0) is 49.9 Å². The van der Waals surface area contributed by atoms with Crippen molar-refractivity contribution >= 4 is 28.3 Å². The van der Waals surface area contributed by atoms with E-state index in [1.165, 1.54) is 10.4 Å². The largest absolute Gasteiger partial charge is 0.340 e. The average molecular weight is 339 g/mol. The third-order valence-electron chi connectivity index (χ3n) is 4.79. The number of para-hydroxylation sites is 2. The number of carbonyl (C=O) groups is 1. The van der Waals surface area contributed by atoms with E-state index in [1.54, 1.807) is 11.3 Å². The van der Waals surface area contributed by atoms with E-state index < -0.39 is 0 Å². The van der Waals surface area contributed by atoms with Crippen molar-refractivity contribution in [2.45, 2.75) is 39.2 Å². The number of rotatable bonds is 3. The summed E-state index contributed by atoms with van der Waals surface area (Å²) in [5.74, 6) is 1.05. The van der Waals surface area contributed by atoms with Gasteiger partial charge in [0.1, 0.15) is 5.82 Å². The van der Waals surface area contributed by atoms with Crippen LogP contribution in [0.3, 0.4) is 0 Å². The molecule has 4 rings (SSSR count). The van der Waals surface area contributed by atoms with E-state index in [0.717, 1.165) is 47.5 Å². The first-order valence-corrected chi connectivity index (χ1v) is 9.34. The summed E-state index contributed by atoms with van der Waals surface area (Å²) in [6, 6.07) is 10.1. The number of imidazole rings is 1. The van der Waals surface area contributed by atoms with Crippen LogP contribution in [-0.2, 0) is 6.42 Å². The molecule has 1 saturated heterocycles. The predicted octanol–water partition coefficient (Wildman–Crippen LogP) is 4.47. The molecule has 5 heteroatoms. The fourth-order valence-electron chi connectivity index (χ4n) is 3.54. The molecular weight excluding hydrogens is 318 g/mol. The van der Waals surface area contributed by atoms with Crippen LogP contribution in [0.2, 0.25) is 0 Å². The first-order chi connectivity index (χ1) is 11.7. The lowest BCUT2D eigenvalue weighted by Crippen LogP contribution is -2.30. The molecule has 124 valence electrons. The minimum absolute atomic E-state index is 0.0531. The van der Waals surface area contributed by atoms with E-state index in [9.17, 15) is 4.79 Å². The van der Waals surface area contributed by atoms with Crippen LogP contribution >= 0.6 is 11.3 Å². The van der Waals surface area contributed by atoms with Gasteiger partial charge < -0.3 is 9.88 Å². The highest BCUT2D eigenvalue weighted by molar-refractivity contribution is 7.14. The van der Waals surface area contributed by atoms with Crippen molar-refractivity contribution in [3.63, 3.8) is 0 Å². The van der Waals surface area contributed by atoms with E-state index in [2.05, 4.69) is 18.8 Å². The lowest BCUT2D eigenvalue weighted by molar-refractivity contribution is 0.0735. The van der Waals surface area contributed by atoms with Crippen LogP contribution in [0.15, 0.2) is 30.3 Å². The second-order valence-electron chi connectivity index (χ2n) is 6.37. The summed E-state index contributed by atoms with van der Waals surface area (Å²) in [7, 11) is 0. The Hall–Kier alpha value is -2.14. The van der Waals surface area contributed by atoms with Crippen molar-refractivity contribution in [3.8, 4) is 0 Å². The van der Waals surface area contributed by atoms with E-state index in [1.807, 2.05) is 35.2 Å². The van der Waals surface area contributed by atoms with Crippen molar-refractivity contribution in [3.05, 3.63) is 51.5 Å². The number of aromatic nitrogens is 2. The maximum Gasteiger partial charge on any atom is 0.264 e. The molecule has 1 aromatic carbocycles. The lowest BCUT2D eigenvalue weighted by Gasteiger charge is -2.22. The number of amides is 1. The number of aromatic amines is 1. The first kappa shape index (κ1) is 15.4. The Balaban J connectivity index is 1.65. The van der Waals surface area contributed by atoms with Crippen LogP contribution in [0.5, 0.6) is 0 Å². The predicted molar refractivity (Wildman–Crippen MR) is 97.5 cm³/mol. The molecule has 1 fully saturated rings. The molecule has 1 atom stereocenters. The molecule has 1 aliphatic heterocycles. The number of H-pyrrole nitrogens is 1. The summed E-state index contributed by atoms with van der Waals surface area (Å²) in [5, 5.41) is 0. The van der Waals surface area contributed by atoms with Gasteiger partial charge >= 0.3 is 0 Å². The maximum atomic E-state index is 13.0. The minimum Gasteiger partial charge on any atom is -0.340 e. The molecule has 0 radical (unpaired) electrons. The molecule has 3 aromatic rings. The summed E-state index contributed by atoms with van der Waals surface area (Å²) in [4.78, 5) is 25.3. The number of likely N-dealkylation sites (tertiary alicyclic amines) is 1. The van der Waals surface area contributed by atoms with E-state index >= 15 is 0 Å². The average Bonchev–Trinajstić information content (AvgIpc) is 3.30. The molecule has 0 aliphatic carbocycles. The van der Waals surface area contributed by atoms with E-state index in [0.29, 0.717) is 0 Å². The van der Waals surface area contributed by atoms with Gasteiger partial charge in [0.25, 0.3) is 5.91 Å². The molecule has 0 bridgehead atoms. The van der Waals surface area contributed by atoms with Gasteiger partial charge in [-0.1, -0.05) is 19.1 Å². The lowest BCUT2D eigenvalue weighted by atomic mass is 10.2. The van der Waals surface area contributed by atoms with Crippen molar-refractivity contribution in [1.82, 2.24) is 14.9 Å². The zero-order valence-electron chi connectivity index (χ0n) is 14.0. The third kappa shape index (κ3) is 2.53. The number of nitrogens with zero attached hydrogens (tertiary/aromatic N) is 2. The highest BCUT2D eigenvalue weighted by atomic mass is 32.1. The molecule has 2 aromatic heterocycles. The van der Waals surface area contributed by atoms with Crippen LogP contribution in [0.25, 0.3) is 11.0 Å². The summed E-state index contributed by atoms with van der Waals surface area (Å²) >= 11 is 1.63. The minimum atomic E-state index is 0.0531. The molecule has 24 heavy (non-hydrogen) atoms. The number of nitrogens with one attached hydrogen (secondary N) is 1. The van der Waals surface area contributed by atoms with Crippen molar-refractivity contribution in [1.29, 1.82) is 0 Å². The summed E-state index contributed by atoms with van der Waals surface area (Å²) in [5.41, 5.74) is 3.23. The molecule has 1 aliphatic rings. The Bertz CT molecular complexity index is 862. The van der Waals surface area contributed by atoms with Crippen LogP contribution in [0.1, 0.15) is 51.7 Å². The Morgan fingerprint density at radius 3 is 3.00 bits per heavy atom. The standard InChI is InChI=1S/C19H21N3OS/c1-3-16-12(2)11-17(24-16)19(23)22-10-6-9-15(22)18-20-13-7-4-5-8-14(13)21-18/h4-5,7-8,11,15H,3,6,9-10H2,1-2H3,(H,20,21)/t15-/m1/s1. The van der Waals surface area contributed by atoms with E-state index in [-0.39, 0.29) is 11.9 Å². The Morgan fingerprint density at radius 2 is 2.25 bits per heavy atom. The number of fused-ring (bicyclic) bond motifs is 1. The molecule has 0 saturated carbocycles. The maximum absolute atomic E-state index is 13.0. The molecule has 1 amide bonds. The monoisotopic (exact) mass is 339 g/mol. The van der Waals surface area contributed by atoms with Crippen LogP contribution in [-0.4, -0.2) is 27.3 Å².